The number of allylic oxidation sites excluding steroid dienone is 4. The number of rotatable bonds is 1. The van der Waals surface area contributed by atoms with E-state index in [1.165, 1.54) is 38.5 Å². The molecule has 0 aromatic carbocycles. The summed E-state index contributed by atoms with van der Waals surface area (Å²) in [7, 11) is 0. The van der Waals surface area contributed by atoms with Crippen molar-refractivity contribution in [3.8, 4) is 0 Å². The molecule has 3 unspecified atom stereocenters. The first-order chi connectivity index (χ1) is 10.9. The summed E-state index contributed by atoms with van der Waals surface area (Å²) >= 11 is 6.70. The summed E-state index contributed by atoms with van der Waals surface area (Å²) in [5.74, 6) is 2.78. The molecule has 0 aliphatic heterocycles. The maximum absolute atomic E-state index is 11.4. The number of halogens is 1. The molecular weight excluding hydrogens is 304 g/mol. The van der Waals surface area contributed by atoms with Crippen molar-refractivity contribution in [2.75, 3.05) is 0 Å². The van der Waals surface area contributed by atoms with E-state index in [4.69, 9.17) is 11.6 Å². The second-order valence-electron chi connectivity index (χ2n) is 9.22. The van der Waals surface area contributed by atoms with Crippen LogP contribution in [0.25, 0.3) is 0 Å². The van der Waals surface area contributed by atoms with Crippen LogP contribution in [0.15, 0.2) is 23.3 Å². The summed E-state index contributed by atoms with van der Waals surface area (Å²) in [4.78, 5) is 11.4. The molecule has 0 aromatic heterocycles. The molecule has 0 N–H and O–H groups in total. The van der Waals surface area contributed by atoms with Crippen LogP contribution >= 0.6 is 11.6 Å². The fourth-order valence-corrected chi connectivity index (χ4v) is 6.88. The van der Waals surface area contributed by atoms with Crippen molar-refractivity contribution in [3.05, 3.63) is 23.3 Å². The number of carbonyl (C=O) groups excluding carboxylic acids is 1. The van der Waals surface area contributed by atoms with Crippen LogP contribution in [0, 0.1) is 34.5 Å². The van der Waals surface area contributed by atoms with Crippen molar-refractivity contribution >= 4 is 17.9 Å². The van der Waals surface area contributed by atoms with E-state index in [1.807, 2.05) is 0 Å². The monoisotopic (exact) mass is 332 g/mol. The third-order valence-electron chi connectivity index (χ3n) is 8.03. The summed E-state index contributed by atoms with van der Waals surface area (Å²) in [6.07, 6.45) is 13.5. The molecule has 4 rings (SSSR count). The smallest absolute Gasteiger partial charge is 0.147 e. The van der Waals surface area contributed by atoms with Gasteiger partial charge in [-0.25, -0.2) is 0 Å². The van der Waals surface area contributed by atoms with Crippen LogP contribution < -0.4 is 0 Å². The van der Waals surface area contributed by atoms with E-state index in [1.54, 1.807) is 5.57 Å². The van der Waals surface area contributed by atoms with Crippen LogP contribution in [0.3, 0.4) is 0 Å². The lowest BCUT2D eigenvalue weighted by atomic mass is 9.47. The van der Waals surface area contributed by atoms with Gasteiger partial charge in [0.1, 0.15) is 6.29 Å². The fourth-order valence-electron chi connectivity index (χ4n) is 6.51. The van der Waals surface area contributed by atoms with Gasteiger partial charge in [-0.15, -0.1) is 11.6 Å². The minimum Gasteiger partial charge on any atom is -0.298 e. The van der Waals surface area contributed by atoms with Crippen molar-refractivity contribution in [2.45, 2.75) is 64.7 Å². The van der Waals surface area contributed by atoms with E-state index in [9.17, 15) is 4.79 Å². The molecule has 0 radical (unpaired) electrons. The zero-order valence-electron chi connectivity index (χ0n) is 14.6. The molecule has 2 saturated carbocycles. The summed E-state index contributed by atoms with van der Waals surface area (Å²) in [6, 6.07) is 0. The average Bonchev–Trinajstić information content (AvgIpc) is 2.79. The molecule has 2 heteroatoms. The highest BCUT2D eigenvalue weighted by molar-refractivity contribution is 6.25. The second-order valence-corrected chi connectivity index (χ2v) is 9.65. The van der Waals surface area contributed by atoms with E-state index in [-0.39, 0.29) is 10.8 Å². The number of carbonyl (C=O) groups is 1. The molecular formula is C21H29ClO. The Morgan fingerprint density at radius 1 is 1.26 bits per heavy atom. The van der Waals surface area contributed by atoms with Gasteiger partial charge in [-0.1, -0.05) is 38.5 Å². The number of aldehydes is 1. The Labute approximate surface area is 145 Å². The molecule has 2 fully saturated rings. The first-order valence-corrected chi connectivity index (χ1v) is 9.84. The number of alkyl halides is 1. The van der Waals surface area contributed by atoms with Crippen molar-refractivity contribution in [1.82, 2.24) is 0 Å². The van der Waals surface area contributed by atoms with Gasteiger partial charge in [0.2, 0.25) is 0 Å². The van der Waals surface area contributed by atoms with Gasteiger partial charge < -0.3 is 0 Å². The number of fused-ring (bicyclic) bond motifs is 5. The third kappa shape index (κ3) is 2.08. The molecule has 4 aliphatic rings. The molecule has 7 atom stereocenters. The topological polar surface area (TPSA) is 17.1 Å². The zero-order chi connectivity index (χ0) is 16.4. The van der Waals surface area contributed by atoms with Gasteiger partial charge in [0.15, 0.2) is 0 Å². The van der Waals surface area contributed by atoms with E-state index >= 15 is 0 Å². The summed E-state index contributed by atoms with van der Waals surface area (Å²) in [5.41, 5.74) is 3.07. The highest BCUT2D eigenvalue weighted by Crippen LogP contribution is 2.65. The Balaban J connectivity index is 1.71. The van der Waals surface area contributed by atoms with Gasteiger partial charge in [-0.2, -0.15) is 0 Å². The van der Waals surface area contributed by atoms with Crippen LogP contribution in [0.5, 0.6) is 0 Å². The Kier molecular flexibility index (Phi) is 3.61. The molecule has 23 heavy (non-hydrogen) atoms. The van der Waals surface area contributed by atoms with Crippen LogP contribution in [-0.4, -0.2) is 11.7 Å². The molecule has 4 aliphatic carbocycles. The minimum atomic E-state index is -0.0875. The molecule has 0 heterocycles. The maximum Gasteiger partial charge on any atom is 0.147 e. The van der Waals surface area contributed by atoms with Crippen LogP contribution in [-0.2, 0) is 4.79 Å². The van der Waals surface area contributed by atoms with Crippen molar-refractivity contribution < 1.29 is 4.79 Å². The van der Waals surface area contributed by atoms with Gasteiger partial charge in [0.05, 0.1) is 5.38 Å². The molecule has 1 nitrogen and oxygen atoms in total. The van der Waals surface area contributed by atoms with Crippen LogP contribution in [0.4, 0.5) is 0 Å². The lowest BCUT2D eigenvalue weighted by Crippen LogP contribution is -2.50. The zero-order valence-corrected chi connectivity index (χ0v) is 15.4. The maximum atomic E-state index is 11.4. The normalized spacial score (nSPS) is 51.9. The molecule has 0 saturated heterocycles. The first kappa shape index (κ1) is 15.9. The lowest BCUT2D eigenvalue weighted by molar-refractivity contribution is -0.105. The quantitative estimate of drug-likeness (QED) is 0.350. The van der Waals surface area contributed by atoms with Crippen molar-refractivity contribution in [1.29, 1.82) is 0 Å². The molecule has 0 aromatic rings. The van der Waals surface area contributed by atoms with Crippen LogP contribution in [0.1, 0.15) is 59.3 Å². The highest BCUT2D eigenvalue weighted by atomic mass is 35.5. The minimum absolute atomic E-state index is 0.0859. The van der Waals surface area contributed by atoms with Gasteiger partial charge in [0, 0.05) is 5.57 Å². The Bertz CT molecular complexity index is 591. The molecule has 126 valence electrons. The van der Waals surface area contributed by atoms with Crippen LogP contribution in [0.2, 0.25) is 0 Å². The second kappa shape index (κ2) is 5.22. The highest BCUT2D eigenvalue weighted by Gasteiger charge is 2.58. The predicted octanol–water partition coefficient (Wildman–Crippen LogP) is 5.54. The van der Waals surface area contributed by atoms with Gasteiger partial charge >= 0.3 is 0 Å². The van der Waals surface area contributed by atoms with Crippen molar-refractivity contribution in [2.24, 2.45) is 34.5 Å². The number of hydrogen-bond acceptors (Lipinski definition) is 1. The third-order valence-corrected chi connectivity index (χ3v) is 8.78. The first-order valence-electron chi connectivity index (χ1n) is 9.40. The Morgan fingerprint density at radius 3 is 2.78 bits per heavy atom. The lowest BCUT2D eigenvalue weighted by Gasteiger charge is -2.57. The van der Waals surface area contributed by atoms with Crippen molar-refractivity contribution in [3.63, 3.8) is 0 Å². The number of hydrogen-bond donors (Lipinski definition) is 0. The Hall–Kier alpha value is -0.560. The predicted molar refractivity (Wildman–Crippen MR) is 95.4 cm³/mol. The standard InChI is InChI=1S/C21H29ClO/c1-13-6-8-20(2)15(10-13)4-5-16-17(20)7-9-21(3)18(16)11-14(12-23)19(21)22/h4,11-13,16-19H,5-10H2,1-3H3/t13-,16+,17?,18?,19?,20-,21-/m0/s1. The average molecular weight is 333 g/mol. The molecule has 0 amide bonds. The van der Waals surface area contributed by atoms with E-state index in [0.717, 1.165) is 23.7 Å². The van der Waals surface area contributed by atoms with E-state index in [2.05, 4.69) is 32.9 Å². The van der Waals surface area contributed by atoms with E-state index in [0.29, 0.717) is 17.3 Å². The fraction of sp³-hybridized carbons (Fsp3) is 0.762. The summed E-state index contributed by atoms with van der Waals surface area (Å²) in [5, 5.41) is -0.0875. The SMILES string of the molecule is C[C@H]1CC[C@@]2(C)C(=CC[C@H]3C4C=C(C=O)C(Cl)[C@@]4(C)CCC32)C1. The molecule has 0 spiro atoms. The Morgan fingerprint density at radius 2 is 2.04 bits per heavy atom. The largest absolute Gasteiger partial charge is 0.298 e. The van der Waals surface area contributed by atoms with Gasteiger partial charge in [0.25, 0.3) is 0 Å². The van der Waals surface area contributed by atoms with E-state index < -0.39 is 0 Å². The summed E-state index contributed by atoms with van der Waals surface area (Å²) < 4.78 is 0. The van der Waals surface area contributed by atoms with Gasteiger partial charge in [-0.3, -0.25) is 4.79 Å². The summed E-state index contributed by atoms with van der Waals surface area (Å²) in [6.45, 7) is 7.25. The van der Waals surface area contributed by atoms with Gasteiger partial charge in [-0.05, 0) is 73.0 Å². The molecule has 0 bridgehead atoms.